The number of rotatable bonds is 5. The molecule has 1 atom stereocenters. The van der Waals surface area contributed by atoms with Gasteiger partial charge in [0.25, 0.3) is 5.91 Å². The first-order chi connectivity index (χ1) is 11.6. The lowest BCUT2D eigenvalue weighted by molar-refractivity contribution is 0.0925. The predicted octanol–water partition coefficient (Wildman–Crippen LogP) is 2.88. The van der Waals surface area contributed by atoms with Crippen LogP contribution >= 0.6 is 0 Å². The summed E-state index contributed by atoms with van der Waals surface area (Å²) in [6, 6.07) is 8.26. The van der Waals surface area contributed by atoms with Crippen molar-refractivity contribution < 1.29 is 4.79 Å². The average molecular weight is 326 g/mol. The molecular formula is C19H26N4O. The lowest BCUT2D eigenvalue weighted by atomic mass is 9.93. The van der Waals surface area contributed by atoms with Crippen molar-refractivity contribution in [3.8, 4) is 0 Å². The largest absolute Gasteiger partial charge is 0.344 e. The second-order valence-corrected chi connectivity index (χ2v) is 6.97. The number of hydrogen-bond acceptors (Lipinski definition) is 3. The van der Waals surface area contributed by atoms with Crippen LogP contribution in [0.15, 0.2) is 24.3 Å². The Morgan fingerprint density at radius 1 is 1.33 bits per heavy atom. The molecule has 5 heteroatoms. The molecule has 3 N–H and O–H groups in total. The van der Waals surface area contributed by atoms with E-state index in [1.807, 2.05) is 12.1 Å². The lowest BCUT2D eigenvalue weighted by Gasteiger charge is -2.23. The third kappa shape index (κ3) is 3.51. The molecule has 1 aromatic carbocycles. The zero-order valence-electron chi connectivity index (χ0n) is 14.6. The molecule has 1 aliphatic heterocycles. The summed E-state index contributed by atoms with van der Waals surface area (Å²) in [5.41, 5.74) is 5.00. The maximum absolute atomic E-state index is 12.8. The summed E-state index contributed by atoms with van der Waals surface area (Å²) in [6.45, 7) is 8.08. The van der Waals surface area contributed by atoms with Gasteiger partial charge in [-0.05, 0) is 30.4 Å². The van der Waals surface area contributed by atoms with Crippen LogP contribution in [0, 0.1) is 12.8 Å². The van der Waals surface area contributed by atoms with E-state index in [1.54, 1.807) is 0 Å². The Morgan fingerprint density at radius 2 is 2.12 bits per heavy atom. The molecule has 1 aliphatic rings. The van der Waals surface area contributed by atoms with Gasteiger partial charge in [0.2, 0.25) is 0 Å². The van der Waals surface area contributed by atoms with Crippen molar-refractivity contribution >= 4 is 5.91 Å². The molecule has 5 nitrogen and oxygen atoms in total. The van der Waals surface area contributed by atoms with Crippen LogP contribution in [0.3, 0.4) is 0 Å². The summed E-state index contributed by atoms with van der Waals surface area (Å²) in [5.74, 6) is 0.398. The van der Waals surface area contributed by atoms with Gasteiger partial charge in [-0.2, -0.15) is 5.10 Å². The molecule has 0 aliphatic carbocycles. The van der Waals surface area contributed by atoms with Gasteiger partial charge in [0.1, 0.15) is 0 Å². The summed E-state index contributed by atoms with van der Waals surface area (Å²) in [4.78, 5) is 12.8. The van der Waals surface area contributed by atoms with Crippen LogP contribution in [-0.2, 0) is 13.0 Å². The molecule has 0 radical (unpaired) electrons. The number of carbonyl (C=O) groups excluding carboxylic acids is 1. The summed E-state index contributed by atoms with van der Waals surface area (Å²) in [7, 11) is 0. The van der Waals surface area contributed by atoms with Crippen molar-refractivity contribution in [3.05, 3.63) is 52.3 Å². The molecule has 128 valence electrons. The fourth-order valence-corrected chi connectivity index (χ4v) is 3.35. The maximum atomic E-state index is 12.8. The van der Waals surface area contributed by atoms with Gasteiger partial charge in [-0.15, -0.1) is 0 Å². The van der Waals surface area contributed by atoms with Gasteiger partial charge in [-0.3, -0.25) is 9.89 Å². The minimum Gasteiger partial charge on any atom is -0.344 e. The highest BCUT2D eigenvalue weighted by Crippen LogP contribution is 2.25. The normalized spacial score (nSPS) is 15.2. The minimum atomic E-state index is -0.0925. The van der Waals surface area contributed by atoms with E-state index in [0.29, 0.717) is 18.2 Å². The first kappa shape index (κ1) is 16.7. The standard InChI is InChI=1S/C19H26N4O/c1-12(2)10-17(14-7-5-4-6-13(14)3)21-19(24)18-15-11-20-9-8-16(15)22-23-18/h4-7,12,17,20H,8-11H2,1-3H3,(H,21,24)(H,22,23). The molecular weight excluding hydrogens is 300 g/mol. The van der Waals surface area contributed by atoms with Crippen LogP contribution in [0.2, 0.25) is 0 Å². The smallest absolute Gasteiger partial charge is 0.272 e. The Morgan fingerprint density at radius 3 is 2.88 bits per heavy atom. The predicted molar refractivity (Wildman–Crippen MR) is 94.8 cm³/mol. The monoisotopic (exact) mass is 326 g/mol. The molecule has 0 bridgehead atoms. The molecule has 0 saturated heterocycles. The number of H-pyrrole nitrogens is 1. The van der Waals surface area contributed by atoms with E-state index in [2.05, 4.69) is 53.7 Å². The Hall–Kier alpha value is -2.14. The van der Waals surface area contributed by atoms with E-state index in [4.69, 9.17) is 0 Å². The second kappa shape index (κ2) is 7.18. The number of nitrogens with one attached hydrogen (secondary N) is 3. The third-order valence-electron chi connectivity index (χ3n) is 4.60. The molecule has 0 saturated carbocycles. The number of hydrogen-bond donors (Lipinski definition) is 3. The van der Waals surface area contributed by atoms with Gasteiger partial charge >= 0.3 is 0 Å². The Bertz CT molecular complexity index is 720. The topological polar surface area (TPSA) is 69.8 Å². The van der Waals surface area contributed by atoms with Crippen molar-refractivity contribution in [1.29, 1.82) is 0 Å². The van der Waals surface area contributed by atoms with E-state index in [-0.39, 0.29) is 11.9 Å². The van der Waals surface area contributed by atoms with E-state index in [0.717, 1.165) is 30.6 Å². The minimum absolute atomic E-state index is 0.00241. The molecule has 2 aromatic rings. The van der Waals surface area contributed by atoms with Crippen LogP contribution in [0.1, 0.15) is 59.2 Å². The van der Waals surface area contributed by atoms with Crippen molar-refractivity contribution in [2.45, 2.75) is 46.2 Å². The molecule has 1 aromatic heterocycles. The van der Waals surface area contributed by atoms with Gasteiger partial charge in [0.05, 0.1) is 6.04 Å². The van der Waals surface area contributed by atoms with Crippen molar-refractivity contribution in [1.82, 2.24) is 20.8 Å². The third-order valence-corrected chi connectivity index (χ3v) is 4.60. The SMILES string of the molecule is Cc1ccccc1C(CC(C)C)NC(=O)c1n[nH]c2c1CNCC2. The molecule has 0 fully saturated rings. The number of carbonyl (C=O) groups is 1. The van der Waals surface area contributed by atoms with E-state index in [1.165, 1.54) is 11.1 Å². The summed E-state index contributed by atoms with van der Waals surface area (Å²) >= 11 is 0. The zero-order chi connectivity index (χ0) is 17.1. The van der Waals surface area contributed by atoms with E-state index < -0.39 is 0 Å². The number of aromatic amines is 1. The highest BCUT2D eigenvalue weighted by Gasteiger charge is 2.24. The van der Waals surface area contributed by atoms with Crippen LogP contribution in [0.4, 0.5) is 0 Å². The number of amides is 1. The van der Waals surface area contributed by atoms with Gasteiger partial charge in [-0.1, -0.05) is 38.1 Å². The van der Waals surface area contributed by atoms with Gasteiger partial charge in [0.15, 0.2) is 5.69 Å². The van der Waals surface area contributed by atoms with Crippen molar-refractivity contribution in [3.63, 3.8) is 0 Å². The van der Waals surface area contributed by atoms with Crippen LogP contribution in [-0.4, -0.2) is 22.6 Å². The van der Waals surface area contributed by atoms with Crippen molar-refractivity contribution in [2.75, 3.05) is 6.54 Å². The quantitative estimate of drug-likeness (QED) is 0.791. The van der Waals surface area contributed by atoms with Crippen LogP contribution < -0.4 is 10.6 Å². The average Bonchev–Trinajstić information content (AvgIpc) is 2.98. The van der Waals surface area contributed by atoms with Gasteiger partial charge < -0.3 is 10.6 Å². The first-order valence-corrected chi connectivity index (χ1v) is 8.69. The molecule has 24 heavy (non-hydrogen) atoms. The Labute approximate surface area is 143 Å². The fourth-order valence-electron chi connectivity index (χ4n) is 3.35. The number of aromatic nitrogens is 2. The molecule has 1 amide bonds. The van der Waals surface area contributed by atoms with E-state index >= 15 is 0 Å². The fraction of sp³-hybridized carbons (Fsp3) is 0.474. The van der Waals surface area contributed by atoms with Crippen LogP contribution in [0.25, 0.3) is 0 Å². The van der Waals surface area contributed by atoms with Gasteiger partial charge in [-0.25, -0.2) is 0 Å². The first-order valence-electron chi connectivity index (χ1n) is 8.69. The maximum Gasteiger partial charge on any atom is 0.272 e. The molecule has 3 rings (SSSR count). The van der Waals surface area contributed by atoms with Crippen LogP contribution in [0.5, 0.6) is 0 Å². The Kier molecular flexibility index (Phi) is 5.00. The van der Waals surface area contributed by atoms with Crippen molar-refractivity contribution in [2.24, 2.45) is 5.92 Å². The highest BCUT2D eigenvalue weighted by molar-refractivity contribution is 5.94. The zero-order valence-corrected chi connectivity index (χ0v) is 14.6. The number of fused-ring (bicyclic) bond motifs is 1. The summed E-state index contributed by atoms with van der Waals surface area (Å²) in [6.07, 6.45) is 1.80. The lowest BCUT2D eigenvalue weighted by Crippen LogP contribution is -2.32. The molecule has 0 spiro atoms. The Balaban J connectivity index is 1.83. The number of aryl methyl sites for hydroxylation is 1. The van der Waals surface area contributed by atoms with E-state index in [9.17, 15) is 4.79 Å². The summed E-state index contributed by atoms with van der Waals surface area (Å²) in [5, 5.41) is 13.8. The second-order valence-electron chi connectivity index (χ2n) is 6.97. The van der Waals surface area contributed by atoms with Gasteiger partial charge in [0, 0.05) is 30.8 Å². The molecule has 1 unspecified atom stereocenters. The summed E-state index contributed by atoms with van der Waals surface area (Å²) < 4.78 is 0. The molecule has 2 heterocycles. The number of benzene rings is 1. The number of nitrogens with zero attached hydrogens (tertiary/aromatic N) is 1. The highest BCUT2D eigenvalue weighted by atomic mass is 16.2.